The molecule has 0 bridgehead atoms. The van der Waals surface area contributed by atoms with Gasteiger partial charge in [-0.3, -0.25) is 4.90 Å². The SMILES string of the molecule is OCC1CCN2CCC(Sc3ccccc3)C12. The van der Waals surface area contributed by atoms with E-state index in [9.17, 15) is 5.11 Å². The van der Waals surface area contributed by atoms with Crippen LogP contribution in [0, 0.1) is 5.92 Å². The lowest BCUT2D eigenvalue weighted by Crippen LogP contribution is -2.33. The first-order valence-corrected chi connectivity index (χ1v) is 7.33. The zero-order chi connectivity index (χ0) is 11.7. The number of hydrogen-bond donors (Lipinski definition) is 1. The van der Waals surface area contributed by atoms with Gasteiger partial charge in [0.2, 0.25) is 0 Å². The fourth-order valence-corrected chi connectivity index (χ4v) is 4.64. The fourth-order valence-electron chi connectivity index (χ4n) is 3.21. The minimum atomic E-state index is 0.354. The second kappa shape index (κ2) is 5.01. The van der Waals surface area contributed by atoms with Crippen molar-refractivity contribution in [3.05, 3.63) is 30.3 Å². The summed E-state index contributed by atoms with van der Waals surface area (Å²) < 4.78 is 0. The van der Waals surface area contributed by atoms with Crippen molar-refractivity contribution in [2.24, 2.45) is 5.92 Å². The molecule has 0 aromatic heterocycles. The molecule has 2 fully saturated rings. The highest BCUT2D eigenvalue weighted by Crippen LogP contribution is 2.41. The molecule has 3 rings (SSSR count). The molecule has 2 aliphatic rings. The third-order valence-corrected chi connectivity index (χ3v) is 5.40. The van der Waals surface area contributed by atoms with E-state index in [1.165, 1.54) is 30.8 Å². The second-order valence-electron chi connectivity index (χ2n) is 5.02. The third kappa shape index (κ3) is 2.24. The summed E-state index contributed by atoms with van der Waals surface area (Å²) in [5.41, 5.74) is 0. The molecule has 1 aromatic rings. The average molecular weight is 249 g/mol. The summed E-state index contributed by atoms with van der Waals surface area (Å²) in [6.45, 7) is 2.75. The average Bonchev–Trinajstić information content (AvgIpc) is 2.93. The van der Waals surface area contributed by atoms with Crippen LogP contribution in [0.5, 0.6) is 0 Å². The van der Waals surface area contributed by atoms with Gasteiger partial charge in [0.1, 0.15) is 0 Å². The van der Waals surface area contributed by atoms with Gasteiger partial charge in [0, 0.05) is 22.8 Å². The van der Waals surface area contributed by atoms with Crippen molar-refractivity contribution in [1.82, 2.24) is 4.90 Å². The quantitative estimate of drug-likeness (QED) is 0.888. The maximum Gasteiger partial charge on any atom is 0.0475 e. The molecule has 0 amide bonds. The van der Waals surface area contributed by atoms with E-state index in [0.29, 0.717) is 23.8 Å². The highest BCUT2D eigenvalue weighted by molar-refractivity contribution is 8.00. The van der Waals surface area contributed by atoms with Crippen LogP contribution in [0.1, 0.15) is 12.8 Å². The monoisotopic (exact) mass is 249 g/mol. The van der Waals surface area contributed by atoms with E-state index < -0.39 is 0 Å². The molecular formula is C14H19NOS. The molecular weight excluding hydrogens is 230 g/mol. The van der Waals surface area contributed by atoms with Crippen molar-refractivity contribution in [2.75, 3.05) is 19.7 Å². The summed E-state index contributed by atoms with van der Waals surface area (Å²) in [4.78, 5) is 3.93. The molecule has 2 nitrogen and oxygen atoms in total. The molecule has 2 heterocycles. The number of fused-ring (bicyclic) bond motifs is 1. The summed E-state index contributed by atoms with van der Waals surface area (Å²) in [7, 11) is 0. The Morgan fingerprint density at radius 3 is 2.71 bits per heavy atom. The van der Waals surface area contributed by atoms with Crippen LogP contribution in [0.15, 0.2) is 35.2 Å². The van der Waals surface area contributed by atoms with Crippen LogP contribution in [0.4, 0.5) is 0 Å². The number of aliphatic hydroxyl groups excluding tert-OH is 1. The topological polar surface area (TPSA) is 23.5 Å². The first kappa shape index (κ1) is 11.6. The van der Waals surface area contributed by atoms with Crippen LogP contribution in [0.25, 0.3) is 0 Å². The zero-order valence-corrected chi connectivity index (χ0v) is 10.8. The number of aliphatic hydroxyl groups is 1. The van der Waals surface area contributed by atoms with Crippen LogP contribution in [0.2, 0.25) is 0 Å². The zero-order valence-electron chi connectivity index (χ0n) is 9.96. The third-order valence-electron chi connectivity index (χ3n) is 4.04. The van der Waals surface area contributed by atoms with Crippen LogP contribution >= 0.6 is 11.8 Å². The predicted octanol–water partition coefficient (Wildman–Crippen LogP) is 2.23. The number of benzene rings is 1. The van der Waals surface area contributed by atoms with Crippen LogP contribution < -0.4 is 0 Å². The van der Waals surface area contributed by atoms with E-state index in [1.54, 1.807) is 0 Å². The second-order valence-corrected chi connectivity index (χ2v) is 6.33. The first-order valence-electron chi connectivity index (χ1n) is 6.45. The minimum absolute atomic E-state index is 0.354. The number of rotatable bonds is 3. The highest BCUT2D eigenvalue weighted by Gasteiger charge is 2.43. The molecule has 92 valence electrons. The maximum atomic E-state index is 9.46. The van der Waals surface area contributed by atoms with Crippen molar-refractivity contribution in [2.45, 2.75) is 29.0 Å². The van der Waals surface area contributed by atoms with E-state index in [2.05, 4.69) is 35.2 Å². The molecule has 2 saturated heterocycles. The molecule has 0 saturated carbocycles. The predicted molar refractivity (Wildman–Crippen MR) is 71.3 cm³/mol. The Morgan fingerprint density at radius 1 is 1.18 bits per heavy atom. The van der Waals surface area contributed by atoms with Gasteiger partial charge in [-0.15, -0.1) is 11.8 Å². The molecule has 3 atom stereocenters. The summed E-state index contributed by atoms with van der Waals surface area (Å²) in [6.07, 6.45) is 2.44. The standard InChI is InChI=1S/C14H19NOS/c16-10-11-6-8-15-9-7-13(14(11)15)17-12-4-2-1-3-5-12/h1-5,11,13-14,16H,6-10H2. The lowest BCUT2D eigenvalue weighted by Gasteiger charge is -2.24. The molecule has 1 aromatic carbocycles. The Morgan fingerprint density at radius 2 is 1.94 bits per heavy atom. The lowest BCUT2D eigenvalue weighted by atomic mass is 9.99. The molecule has 0 aliphatic carbocycles. The minimum Gasteiger partial charge on any atom is -0.396 e. The molecule has 3 heteroatoms. The molecule has 2 aliphatic heterocycles. The van der Waals surface area contributed by atoms with Crippen molar-refractivity contribution < 1.29 is 5.11 Å². The van der Waals surface area contributed by atoms with E-state index in [-0.39, 0.29) is 0 Å². The number of thioether (sulfide) groups is 1. The van der Waals surface area contributed by atoms with Gasteiger partial charge in [-0.25, -0.2) is 0 Å². The summed E-state index contributed by atoms with van der Waals surface area (Å²) in [6, 6.07) is 11.3. The Balaban J connectivity index is 1.71. The summed E-state index contributed by atoms with van der Waals surface area (Å²) >= 11 is 1.99. The normalized spacial score (nSPS) is 32.9. The van der Waals surface area contributed by atoms with Gasteiger partial charge < -0.3 is 5.11 Å². The van der Waals surface area contributed by atoms with Crippen molar-refractivity contribution in [3.8, 4) is 0 Å². The lowest BCUT2D eigenvalue weighted by molar-refractivity contribution is 0.192. The van der Waals surface area contributed by atoms with Crippen molar-refractivity contribution in [3.63, 3.8) is 0 Å². The number of nitrogens with zero attached hydrogens (tertiary/aromatic N) is 1. The van der Waals surface area contributed by atoms with E-state index in [4.69, 9.17) is 0 Å². The summed E-state index contributed by atoms with van der Waals surface area (Å²) in [5.74, 6) is 0.499. The van der Waals surface area contributed by atoms with Gasteiger partial charge in [0.15, 0.2) is 0 Å². The van der Waals surface area contributed by atoms with Crippen molar-refractivity contribution >= 4 is 11.8 Å². The van der Waals surface area contributed by atoms with Crippen LogP contribution in [0.3, 0.4) is 0 Å². The summed E-state index contributed by atoms with van der Waals surface area (Å²) in [5, 5.41) is 10.1. The first-order chi connectivity index (χ1) is 8.38. The maximum absolute atomic E-state index is 9.46. The molecule has 3 unspecified atom stereocenters. The molecule has 17 heavy (non-hydrogen) atoms. The van der Waals surface area contributed by atoms with Gasteiger partial charge in [0.25, 0.3) is 0 Å². The van der Waals surface area contributed by atoms with E-state index in [1.807, 2.05) is 11.8 Å². The van der Waals surface area contributed by atoms with E-state index in [0.717, 1.165) is 0 Å². The van der Waals surface area contributed by atoms with E-state index >= 15 is 0 Å². The van der Waals surface area contributed by atoms with Gasteiger partial charge in [0.05, 0.1) is 0 Å². The Kier molecular flexibility index (Phi) is 3.41. The Bertz CT molecular complexity index is 370. The molecule has 0 radical (unpaired) electrons. The van der Waals surface area contributed by atoms with Crippen LogP contribution in [-0.4, -0.2) is 41.0 Å². The fraction of sp³-hybridized carbons (Fsp3) is 0.571. The molecule has 0 spiro atoms. The van der Waals surface area contributed by atoms with Gasteiger partial charge in [-0.05, 0) is 44.0 Å². The van der Waals surface area contributed by atoms with Gasteiger partial charge >= 0.3 is 0 Å². The number of hydrogen-bond acceptors (Lipinski definition) is 3. The van der Waals surface area contributed by atoms with Crippen LogP contribution in [-0.2, 0) is 0 Å². The smallest absolute Gasteiger partial charge is 0.0475 e. The van der Waals surface area contributed by atoms with Gasteiger partial charge in [-0.1, -0.05) is 18.2 Å². The van der Waals surface area contributed by atoms with Gasteiger partial charge in [-0.2, -0.15) is 0 Å². The van der Waals surface area contributed by atoms with Crippen molar-refractivity contribution in [1.29, 1.82) is 0 Å². The Hall–Kier alpha value is -0.510. The Labute approximate surface area is 107 Å². The largest absolute Gasteiger partial charge is 0.396 e. The highest BCUT2D eigenvalue weighted by atomic mass is 32.2. The molecule has 1 N–H and O–H groups in total.